The smallest absolute Gasteiger partial charge is 0.307 e. The SMILES string of the molecule is CC(CC(=O)OC(C)(C)C)C(F)=C(F)F. The molecule has 0 bridgehead atoms. The van der Waals surface area contributed by atoms with Gasteiger partial charge in [0.25, 0.3) is 0 Å². The number of carbonyl (C=O) groups is 1. The molecule has 0 aromatic rings. The van der Waals surface area contributed by atoms with Crippen LogP contribution in [0, 0.1) is 5.92 Å². The molecule has 0 aliphatic rings. The number of halogens is 3. The third-order valence-electron chi connectivity index (χ3n) is 1.51. The van der Waals surface area contributed by atoms with Crippen molar-refractivity contribution >= 4 is 5.97 Å². The van der Waals surface area contributed by atoms with E-state index in [4.69, 9.17) is 4.74 Å². The summed E-state index contributed by atoms with van der Waals surface area (Å²) >= 11 is 0. The van der Waals surface area contributed by atoms with Crippen LogP contribution in [-0.2, 0) is 9.53 Å². The number of hydrogen-bond donors (Lipinski definition) is 0. The third-order valence-corrected chi connectivity index (χ3v) is 1.51. The monoisotopic (exact) mass is 224 g/mol. The Bertz CT molecular complexity index is 262. The molecule has 0 N–H and O–H groups in total. The Labute approximate surface area is 87.1 Å². The highest BCUT2D eigenvalue weighted by Gasteiger charge is 2.22. The standard InChI is InChI=1S/C10H15F3O2/c1-6(8(11)9(12)13)5-7(14)15-10(2,3)4/h6H,5H2,1-4H3. The molecule has 0 heterocycles. The topological polar surface area (TPSA) is 26.3 Å². The first-order chi connectivity index (χ1) is 6.63. The number of hydrogen-bond acceptors (Lipinski definition) is 2. The van der Waals surface area contributed by atoms with Crippen molar-refractivity contribution in [2.45, 2.75) is 39.7 Å². The van der Waals surface area contributed by atoms with Crippen molar-refractivity contribution in [2.24, 2.45) is 5.92 Å². The summed E-state index contributed by atoms with van der Waals surface area (Å²) < 4.78 is 41.1. The Morgan fingerprint density at radius 1 is 1.27 bits per heavy atom. The summed E-state index contributed by atoms with van der Waals surface area (Å²) in [7, 11) is 0. The third kappa shape index (κ3) is 6.14. The summed E-state index contributed by atoms with van der Waals surface area (Å²) in [5.41, 5.74) is -0.689. The van der Waals surface area contributed by atoms with Crippen molar-refractivity contribution in [3.63, 3.8) is 0 Å². The maximum atomic E-state index is 12.6. The highest BCUT2D eigenvalue weighted by Crippen LogP contribution is 2.23. The fourth-order valence-corrected chi connectivity index (χ4v) is 0.909. The normalized spacial score (nSPS) is 13.3. The molecule has 0 aromatic heterocycles. The van der Waals surface area contributed by atoms with E-state index >= 15 is 0 Å². The van der Waals surface area contributed by atoms with Crippen LogP contribution in [0.15, 0.2) is 11.9 Å². The number of rotatable bonds is 3. The second kappa shape index (κ2) is 5.19. The number of carbonyl (C=O) groups excluding carboxylic acids is 1. The largest absolute Gasteiger partial charge is 0.460 e. The fraction of sp³-hybridized carbons (Fsp3) is 0.700. The molecule has 0 saturated carbocycles. The van der Waals surface area contributed by atoms with Gasteiger partial charge in [0.1, 0.15) is 5.60 Å². The maximum absolute atomic E-state index is 12.6. The van der Waals surface area contributed by atoms with Gasteiger partial charge >= 0.3 is 12.0 Å². The van der Waals surface area contributed by atoms with Gasteiger partial charge in [-0.2, -0.15) is 8.78 Å². The molecular formula is C10H15F3O2. The van der Waals surface area contributed by atoms with Crippen LogP contribution in [0.4, 0.5) is 13.2 Å². The zero-order chi connectivity index (χ0) is 12.2. The number of ether oxygens (including phenoxy) is 1. The molecule has 0 aliphatic heterocycles. The van der Waals surface area contributed by atoms with Crippen LogP contribution in [0.1, 0.15) is 34.1 Å². The van der Waals surface area contributed by atoms with Gasteiger partial charge in [0.2, 0.25) is 0 Å². The van der Waals surface area contributed by atoms with E-state index < -0.39 is 29.4 Å². The summed E-state index contributed by atoms with van der Waals surface area (Å²) in [5.74, 6) is -3.39. The minimum Gasteiger partial charge on any atom is -0.460 e. The molecule has 2 nitrogen and oxygen atoms in total. The molecule has 0 spiro atoms. The van der Waals surface area contributed by atoms with Crippen LogP contribution in [0.3, 0.4) is 0 Å². The molecule has 1 unspecified atom stereocenters. The minimum absolute atomic E-state index is 0.388. The van der Waals surface area contributed by atoms with Gasteiger partial charge in [0.05, 0.1) is 6.42 Å². The summed E-state index contributed by atoms with van der Waals surface area (Å²) in [6.45, 7) is 6.16. The Balaban J connectivity index is 4.27. The fourth-order valence-electron chi connectivity index (χ4n) is 0.909. The molecule has 0 aromatic carbocycles. The first-order valence-electron chi connectivity index (χ1n) is 4.56. The maximum Gasteiger partial charge on any atom is 0.307 e. The van der Waals surface area contributed by atoms with Gasteiger partial charge in [-0.15, -0.1) is 0 Å². The van der Waals surface area contributed by atoms with Gasteiger partial charge in [-0.3, -0.25) is 4.79 Å². The lowest BCUT2D eigenvalue weighted by Gasteiger charge is -2.20. The highest BCUT2D eigenvalue weighted by molar-refractivity contribution is 5.70. The molecule has 0 amide bonds. The first kappa shape index (κ1) is 14.0. The van der Waals surface area contributed by atoms with E-state index in [9.17, 15) is 18.0 Å². The molecular weight excluding hydrogens is 209 g/mol. The van der Waals surface area contributed by atoms with Crippen molar-refractivity contribution in [1.29, 1.82) is 0 Å². The summed E-state index contributed by atoms with van der Waals surface area (Å²) in [6, 6.07) is 0. The van der Waals surface area contributed by atoms with E-state index in [1.807, 2.05) is 0 Å². The lowest BCUT2D eigenvalue weighted by atomic mass is 10.1. The minimum atomic E-state index is -2.38. The van der Waals surface area contributed by atoms with E-state index in [0.717, 1.165) is 0 Å². The molecule has 15 heavy (non-hydrogen) atoms. The van der Waals surface area contributed by atoms with Gasteiger partial charge in [-0.1, -0.05) is 6.92 Å². The van der Waals surface area contributed by atoms with Gasteiger partial charge < -0.3 is 4.74 Å². The Morgan fingerprint density at radius 2 is 1.73 bits per heavy atom. The zero-order valence-corrected chi connectivity index (χ0v) is 9.23. The average Bonchev–Trinajstić information content (AvgIpc) is 1.98. The molecule has 0 saturated heterocycles. The predicted octanol–water partition coefficient (Wildman–Crippen LogP) is 3.43. The van der Waals surface area contributed by atoms with Crippen molar-refractivity contribution in [2.75, 3.05) is 0 Å². The van der Waals surface area contributed by atoms with Crippen molar-refractivity contribution < 1.29 is 22.7 Å². The Kier molecular flexibility index (Phi) is 4.84. The quantitative estimate of drug-likeness (QED) is 0.686. The van der Waals surface area contributed by atoms with E-state index in [0.29, 0.717) is 0 Å². The van der Waals surface area contributed by atoms with E-state index in [1.54, 1.807) is 20.8 Å². The van der Waals surface area contributed by atoms with Crippen molar-refractivity contribution in [3.8, 4) is 0 Å². The molecule has 0 rings (SSSR count). The zero-order valence-electron chi connectivity index (χ0n) is 9.23. The second-order valence-corrected chi connectivity index (χ2v) is 4.30. The number of allylic oxidation sites excluding steroid dienone is 1. The number of esters is 1. The van der Waals surface area contributed by atoms with Gasteiger partial charge in [0, 0.05) is 5.92 Å². The van der Waals surface area contributed by atoms with Crippen LogP contribution in [-0.4, -0.2) is 11.6 Å². The Morgan fingerprint density at radius 3 is 2.07 bits per heavy atom. The second-order valence-electron chi connectivity index (χ2n) is 4.30. The van der Waals surface area contributed by atoms with Gasteiger partial charge in [-0.05, 0) is 20.8 Å². The molecule has 88 valence electrons. The van der Waals surface area contributed by atoms with Crippen LogP contribution in [0.25, 0.3) is 0 Å². The lowest BCUT2D eigenvalue weighted by molar-refractivity contribution is -0.155. The summed E-state index contributed by atoms with van der Waals surface area (Å²) in [5, 5.41) is 0. The lowest BCUT2D eigenvalue weighted by Crippen LogP contribution is -2.25. The summed E-state index contributed by atoms with van der Waals surface area (Å²) in [4.78, 5) is 11.1. The van der Waals surface area contributed by atoms with Crippen LogP contribution < -0.4 is 0 Å². The predicted molar refractivity (Wildman–Crippen MR) is 50.0 cm³/mol. The van der Waals surface area contributed by atoms with Gasteiger partial charge in [0.15, 0.2) is 5.83 Å². The van der Waals surface area contributed by atoms with Crippen molar-refractivity contribution in [3.05, 3.63) is 11.9 Å². The van der Waals surface area contributed by atoms with Crippen LogP contribution in [0.5, 0.6) is 0 Å². The van der Waals surface area contributed by atoms with Crippen molar-refractivity contribution in [1.82, 2.24) is 0 Å². The Hall–Kier alpha value is -1.00. The average molecular weight is 224 g/mol. The molecule has 5 heteroatoms. The van der Waals surface area contributed by atoms with E-state index in [-0.39, 0.29) is 6.42 Å². The molecule has 0 fully saturated rings. The van der Waals surface area contributed by atoms with Gasteiger partial charge in [-0.25, -0.2) is 4.39 Å². The van der Waals surface area contributed by atoms with E-state index in [2.05, 4.69) is 0 Å². The summed E-state index contributed by atoms with van der Waals surface area (Å²) in [6.07, 6.45) is -2.77. The van der Waals surface area contributed by atoms with E-state index in [1.165, 1.54) is 6.92 Å². The molecule has 0 aliphatic carbocycles. The van der Waals surface area contributed by atoms with Crippen LogP contribution in [0.2, 0.25) is 0 Å². The molecule has 0 radical (unpaired) electrons. The molecule has 1 atom stereocenters. The highest BCUT2D eigenvalue weighted by atomic mass is 19.3. The first-order valence-corrected chi connectivity index (χ1v) is 4.56. The van der Waals surface area contributed by atoms with Crippen LogP contribution >= 0.6 is 0 Å².